The molecule has 0 spiro atoms. The molecule has 0 aliphatic heterocycles. The van der Waals surface area contributed by atoms with E-state index in [0.717, 1.165) is 14.7 Å². The Morgan fingerprint density at radius 3 is 2.69 bits per heavy atom. The van der Waals surface area contributed by atoms with E-state index in [-0.39, 0.29) is 0 Å². The summed E-state index contributed by atoms with van der Waals surface area (Å²) >= 11 is 8.51. The maximum Gasteiger partial charge on any atom is 0.124 e. The van der Waals surface area contributed by atoms with Crippen molar-refractivity contribution < 1.29 is 4.74 Å². The number of thiophene rings is 1. The second-order valence-electron chi connectivity index (χ2n) is 3.20. The lowest BCUT2D eigenvalue weighted by Crippen LogP contribution is -1.95. The van der Waals surface area contributed by atoms with Crippen molar-refractivity contribution >= 4 is 48.9 Å². The van der Waals surface area contributed by atoms with Crippen molar-refractivity contribution in [3.05, 3.63) is 43.5 Å². The quantitative estimate of drug-likeness (QED) is 0.819. The average Bonchev–Trinajstić information content (AvgIpc) is 2.59. The molecule has 1 aromatic heterocycles. The second-order valence-corrected chi connectivity index (χ2v) is 5.97. The standard InChI is InChI=1S/C11H9Br2NOS/c12-7-3-8(14)5-9(4-7)15-6-11-10(13)1-2-16-11/h1-5H,6,14H2. The predicted molar refractivity (Wildman–Crippen MR) is 74.9 cm³/mol. The molecular formula is C11H9Br2NOS. The molecule has 16 heavy (non-hydrogen) atoms. The molecule has 0 aliphatic carbocycles. The third kappa shape index (κ3) is 2.99. The van der Waals surface area contributed by atoms with Crippen LogP contribution in [0.15, 0.2) is 38.6 Å². The average molecular weight is 363 g/mol. The van der Waals surface area contributed by atoms with Crippen LogP contribution in [0.4, 0.5) is 5.69 Å². The number of halogens is 2. The predicted octanol–water partition coefficient (Wildman–Crippen LogP) is 4.43. The van der Waals surface area contributed by atoms with Crippen LogP contribution in [-0.2, 0) is 6.61 Å². The van der Waals surface area contributed by atoms with Crippen LogP contribution in [0, 0.1) is 0 Å². The van der Waals surface area contributed by atoms with Crippen LogP contribution in [0.25, 0.3) is 0 Å². The van der Waals surface area contributed by atoms with Crippen molar-refractivity contribution in [2.45, 2.75) is 6.61 Å². The first-order chi connectivity index (χ1) is 7.65. The molecule has 0 fully saturated rings. The summed E-state index contributed by atoms with van der Waals surface area (Å²) in [5.41, 5.74) is 6.41. The van der Waals surface area contributed by atoms with Crippen molar-refractivity contribution in [1.29, 1.82) is 0 Å². The number of ether oxygens (including phenoxy) is 1. The number of anilines is 1. The number of rotatable bonds is 3. The normalized spacial score (nSPS) is 10.4. The number of benzene rings is 1. The van der Waals surface area contributed by atoms with E-state index < -0.39 is 0 Å². The summed E-state index contributed by atoms with van der Waals surface area (Å²) in [5.74, 6) is 0.771. The first-order valence-electron chi connectivity index (χ1n) is 4.56. The van der Waals surface area contributed by atoms with Crippen LogP contribution in [0.5, 0.6) is 5.75 Å². The van der Waals surface area contributed by atoms with E-state index in [1.807, 2.05) is 29.6 Å². The number of nitrogens with two attached hydrogens (primary N) is 1. The molecule has 0 atom stereocenters. The lowest BCUT2D eigenvalue weighted by molar-refractivity contribution is 0.309. The highest BCUT2D eigenvalue weighted by Crippen LogP contribution is 2.27. The number of nitrogen functional groups attached to an aromatic ring is 1. The highest BCUT2D eigenvalue weighted by molar-refractivity contribution is 9.10. The molecule has 2 rings (SSSR count). The third-order valence-electron chi connectivity index (χ3n) is 1.95. The highest BCUT2D eigenvalue weighted by atomic mass is 79.9. The minimum absolute atomic E-state index is 0.550. The van der Waals surface area contributed by atoms with Crippen molar-refractivity contribution in [1.82, 2.24) is 0 Å². The molecule has 0 radical (unpaired) electrons. The highest BCUT2D eigenvalue weighted by Gasteiger charge is 2.03. The van der Waals surface area contributed by atoms with Crippen LogP contribution in [0.2, 0.25) is 0 Å². The molecule has 0 saturated carbocycles. The van der Waals surface area contributed by atoms with Crippen LogP contribution >= 0.6 is 43.2 Å². The van der Waals surface area contributed by atoms with Gasteiger partial charge < -0.3 is 10.5 Å². The zero-order valence-electron chi connectivity index (χ0n) is 8.24. The van der Waals surface area contributed by atoms with Gasteiger partial charge in [0.05, 0.1) is 4.88 Å². The molecule has 0 aliphatic rings. The minimum atomic E-state index is 0.550. The van der Waals surface area contributed by atoms with Gasteiger partial charge in [-0.15, -0.1) is 11.3 Å². The Morgan fingerprint density at radius 1 is 1.25 bits per heavy atom. The number of hydrogen-bond acceptors (Lipinski definition) is 3. The zero-order chi connectivity index (χ0) is 11.5. The second kappa shape index (κ2) is 5.21. The zero-order valence-corrected chi connectivity index (χ0v) is 12.2. The van der Waals surface area contributed by atoms with E-state index >= 15 is 0 Å². The maximum absolute atomic E-state index is 5.72. The molecule has 84 valence electrons. The Bertz CT molecular complexity index is 478. The maximum atomic E-state index is 5.72. The van der Waals surface area contributed by atoms with Crippen molar-refractivity contribution in [3.8, 4) is 5.75 Å². The Hall–Kier alpha value is -0.520. The van der Waals surface area contributed by atoms with Crippen LogP contribution < -0.4 is 10.5 Å². The van der Waals surface area contributed by atoms with Gasteiger partial charge in [-0.1, -0.05) is 15.9 Å². The van der Waals surface area contributed by atoms with Gasteiger partial charge >= 0.3 is 0 Å². The van der Waals surface area contributed by atoms with Crippen LogP contribution in [0.1, 0.15) is 4.88 Å². The first kappa shape index (κ1) is 12.0. The molecule has 0 bridgehead atoms. The minimum Gasteiger partial charge on any atom is -0.488 e. The van der Waals surface area contributed by atoms with Gasteiger partial charge in [-0.3, -0.25) is 0 Å². The summed E-state index contributed by atoms with van der Waals surface area (Å²) in [5, 5.41) is 2.03. The molecule has 1 aromatic carbocycles. The van der Waals surface area contributed by atoms with E-state index in [9.17, 15) is 0 Å². The van der Waals surface area contributed by atoms with Crippen LogP contribution in [-0.4, -0.2) is 0 Å². The third-order valence-corrected chi connectivity index (χ3v) is 4.31. The summed E-state index contributed by atoms with van der Waals surface area (Å²) in [6.45, 7) is 0.550. The fourth-order valence-corrected chi connectivity index (χ4v) is 3.11. The van der Waals surface area contributed by atoms with E-state index in [2.05, 4.69) is 31.9 Å². The summed E-state index contributed by atoms with van der Waals surface area (Å²) in [4.78, 5) is 1.17. The number of hydrogen-bond donors (Lipinski definition) is 1. The summed E-state index contributed by atoms with van der Waals surface area (Å²) in [6, 6.07) is 7.57. The molecule has 2 aromatic rings. The van der Waals surface area contributed by atoms with Gasteiger partial charge in [-0.25, -0.2) is 0 Å². The SMILES string of the molecule is Nc1cc(Br)cc(OCc2sccc2Br)c1. The first-order valence-corrected chi connectivity index (χ1v) is 7.02. The largest absolute Gasteiger partial charge is 0.488 e. The molecule has 0 amide bonds. The molecule has 1 heterocycles. The fraction of sp³-hybridized carbons (Fsp3) is 0.0909. The lowest BCUT2D eigenvalue weighted by atomic mass is 10.3. The molecular weight excluding hydrogens is 354 g/mol. The Labute approximate surface area is 115 Å². The van der Waals surface area contributed by atoms with Crippen molar-refractivity contribution in [2.24, 2.45) is 0 Å². The molecule has 2 N–H and O–H groups in total. The molecule has 2 nitrogen and oxygen atoms in total. The molecule has 5 heteroatoms. The Balaban J connectivity index is 2.07. The summed E-state index contributed by atoms with van der Waals surface area (Å²) in [7, 11) is 0. The Kier molecular flexibility index (Phi) is 3.89. The summed E-state index contributed by atoms with van der Waals surface area (Å²) in [6.07, 6.45) is 0. The van der Waals surface area contributed by atoms with Gasteiger partial charge in [0.2, 0.25) is 0 Å². The molecule has 0 unspecified atom stereocenters. The summed E-state index contributed by atoms with van der Waals surface area (Å²) < 4.78 is 7.67. The van der Waals surface area contributed by atoms with Gasteiger partial charge in [0.25, 0.3) is 0 Å². The van der Waals surface area contributed by atoms with E-state index in [4.69, 9.17) is 10.5 Å². The Morgan fingerprint density at radius 2 is 2.06 bits per heavy atom. The fourth-order valence-electron chi connectivity index (χ4n) is 1.24. The van der Waals surface area contributed by atoms with Gasteiger partial charge in [0, 0.05) is 20.7 Å². The van der Waals surface area contributed by atoms with Crippen LogP contribution in [0.3, 0.4) is 0 Å². The van der Waals surface area contributed by atoms with E-state index in [0.29, 0.717) is 12.3 Å². The van der Waals surface area contributed by atoms with Gasteiger partial charge in [0.15, 0.2) is 0 Å². The van der Waals surface area contributed by atoms with Crippen molar-refractivity contribution in [2.75, 3.05) is 5.73 Å². The topological polar surface area (TPSA) is 35.2 Å². The van der Waals surface area contributed by atoms with Crippen molar-refractivity contribution in [3.63, 3.8) is 0 Å². The monoisotopic (exact) mass is 361 g/mol. The molecule has 0 saturated heterocycles. The van der Waals surface area contributed by atoms with Gasteiger partial charge in [0.1, 0.15) is 12.4 Å². The van der Waals surface area contributed by atoms with Gasteiger partial charge in [-0.2, -0.15) is 0 Å². The van der Waals surface area contributed by atoms with E-state index in [1.165, 1.54) is 4.88 Å². The van der Waals surface area contributed by atoms with E-state index in [1.54, 1.807) is 11.3 Å². The smallest absolute Gasteiger partial charge is 0.124 e. The lowest BCUT2D eigenvalue weighted by Gasteiger charge is -2.06. The van der Waals surface area contributed by atoms with Gasteiger partial charge in [-0.05, 0) is 39.5 Å².